The zero-order valence-corrected chi connectivity index (χ0v) is 20.5. The first-order valence-corrected chi connectivity index (χ1v) is 12.6. The number of ether oxygens (including phenoxy) is 1. The molecule has 0 fully saturated rings. The number of hydrogen-bond acceptors (Lipinski definition) is 8. The summed E-state index contributed by atoms with van der Waals surface area (Å²) in [6, 6.07) is 3.29. The average Bonchev–Trinajstić information content (AvgIpc) is 2.80. The smallest absolute Gasteiger partial charge is 0.247 e. The van der Waals surface area contributed by atoms with E-state index < -0.39 is 27.5 Å². The van der Waals surface area contributed by atoms with Crippen LogP contribution in [0.2, 0.25) is 0 Å². The average molecular weight is 520 g/mol. The van der Waals surface area contributed by atoms with Crippen molar-refractivity contribution >= 4 is 27.1 Å². The Balaban J connectivity index is 1.81. The molecular formula is C23H20ClF2N5O3S. The first-order chi connectivity index (χ1) is 16.6. The molecule has 1 unspecified atom stereocenters. The summed E-state index contributed by atoms with van der Waals surface area (Å²) in [6.07, 6.45) is 8.23. The van der Waals surface area contributed by atoms with Crippen molar-refractivity contribution in [2.75, 3.05) is 11.2 Å². The van der Waals surface area contributed by atoms with Gasteiger partial charge in [-0.1, -0.05) is 11.6 Å². The third kappa shape index (κ3) is 5.15. The standard InChI is InChI=1S/C23H20ClF2N5O3S/c1-13-10-27-6-5-19(13)31-14(2)8-20(34-12-18-16(26)9-15(25)11-29-18)21(24)22(31)17-4-7-28-23(30-17)35(3,32)33/h4-11,22H,12H2,1-3H3. The van der Waals surface area contributed by atoms with E-state index in [0.717, 1.165) is 23.7 Å². The molecule has 0 saturated heterocycles. The van der Waals surface area contributed by atoms with Crippen LogP contribution in [0.3, 0.4) is 0 Å². The minimum atomic E-state index is -3.69. The summed E-state index contributed by atoms with van der Waals surface area (Å²) in [5.41, 5.74) is 2.51. The van der Waals surface area contributed by atoms with Crippen molar-refractivity contribution in [1.82, 2.24) is 19.9 Å². The van der Waals surface area contributed by atoms with Crippen molar-refractivity contribution < 1.29 is 21.9 Å². The molecule has 4 heterocycles. The Morgan fingerprint density at radius 1 is 1.14 bits per heavy atom. The number of hydrogen-bond donors (Lipinski definition) is 0. The molecule has 0 radical (unpaired) electrons. The van der Waals surface area contributed by atoms with E-state index in [9.17, 15) is 17.2 Å². The van der Waals surface area contributed by atoms with Crippen molar-refractivity contribution in [3.63, 3.8) is 0 Å². The molecule has 0 aromatic carbocycles. The maximum absolute atomic E-state index is 14.1. The Morgan fingerprint density at radius 3 is 2.60 bits per heavy atom. The molecule has 35 heavy (non-hydrogen) atoms. The van der Waals surface area contributed by atoms with Gasteiger partial charge in [0.15, 0.2) is 5.82 Å². The number of pyridine rings is 2. The number of rotatable bonds is 6. The minimum absolute atomic E-state index is 0.0974. The van der Waals surface area contributed by atoms with Crippen LogP contribution in [-0.2, 0) is 21.2 Å². The van der Waals surface area contributed by atoms with Gasteiger partial charge < -0.3 is 9.64 Å². The fraction of sp³-hybridized carbons (Fsp3) is 0.217. The first kappa shape index (κ1) is 24.7. The molecular weight excluding hydrogens is 500 g/mol. The van der Waals surface area contributed by atoms with Crippen molar-refractivity contribution in [2.45, 2.75) is 31.7 Å². The van der Waals surface area contributed by atoms with E-state index in [0.29, 0.717) is 17.5 Å². The van der Waals surface area contributed by atoms with E-state index >= 15 is 0 Å². The quantitative estimate of drug-likeness (QED) is 0.442. The van der Waals surface area contributed by atoms with Crippen molar-refractivity contribution in [2.24, 2.45) is 0 Å². The van der Waals surface area contributed by atoms with Gasteiger partial charge in [-0.05, 0) is 31.5 Å². The number of aryl methyl sites for hydroxylation is 1. The monoisotopic (exact) mass is 519 g/mol. The van der Waals surface area contributed by atoms with Crippen LogP contribution in [-0.4, -0.2) is 34.6 Å². The van der Waals surface area contributed by atoms with Crippen LogP contribution >= 0.6 is 11.6 Å². The molecule has 4 rings (SSSR count). The number of nitrogens with zero attached hydrogens (tertiary/aromatic N) is 5. The minimum Gasteiger partial charge on any atom is -0.486 e. The van der Waals surface area contributed by atoms with E-state index in [1.807, 2.05) is 18.7 Å². The van der Waals surface area contributed by atoms with Gasteiger partial charge in [0.2, 0.25) is 15.0 Å². The Hall–Kier alpha value is -3.44. The highest BCUT2D eigenvalue weighted by Gasteiger charge is 2.34. The largest absolute Gasteiger partial charge is 0.486 e. The van der Waals surface area contributed by atoms with Gasteiger partial charge in [0.25, 0.3) is 0 Å². The van der Waals surface area contributed by atoms with Crippen LogP contribution in [0.15, 0.2) is 70.7 Å². The molecule has 3 aromatic heterocycles. The molecule has 0 spiro atoms. The van der Waals surface area contributed by atoms with Crippen LogP contribution in [0.1, 0.15) is 29.9 Å². The Labute approximate surface area is 205 Å². The van der Waals surface area contributed by atoms with Gasteiger partial charge in [-0.15, -0.1) is 0 Å². The maximum Gasteiger partial charge on any atom is 0.247 e. The number of allylic oxidation sites excluding steroid dienone is 2. The molecule has 12 heteroatoms. The highest BCUT2D eigenvalue weighted by molar-refractivity contribution is 7.90. The summed E-state index contributed by atoms with van der Waals surface area (Å²) in [5, 5.41) is -0.175. The highest BCUT2D eigenvalue weighted by Crippen LogP contribution is 2.43. The van der Waals surface area contributed by atoms with Crippen LogP contribution < -0.4 is 4.90 Å². The normalized spacial score (nSPS) is 16.3. The summed E-state index contributed by atoms with van der Waals surface area (Å²) < 4.78 is 57.3. The summed E-state index contributed by atoms with van der Waals surface area (Å²) in [7, 11) is -3.69. The lowest BCUT2D eigenvalue weighted by atomic mass is 10.0. The van der Waals surface area contributed by atoms with E-state index in [-0.39, 0.29) is 28.2 Å². The fourth-order valence-corrected chi connectivity index (χ4v) is 4.44. The van der Waals surface area contributed by atoms with Gasteiger partial charge in [-0.3, -0.25) is 9.97 Å². The third-order valence-corrected chi connectivity index (χ3v) is 6.47. The predicted molar refractivity (Wildman–Crippen MR) is 125 cm³/mol. The maximum atomic E-state index is 14.1. The Kier molecular flexibility index (Phi) is 6.82. The SMILES string of the molecule is CC1=CC(OCc2ncc(F)cc2F)=C(Cl)C(c2ccnc(S(C)(=O)=O)n2)N1c1ccncc1C. The van der Waals surface area contributed by atoms with Crippen LogP contribution in [0.25, 0.3) is 0 Å². The lowest BCUT2D eigenvalue weighted by Crippen LogP contribution is -2.32. The fourth-order valence-electron chi connectivity index (χ4n) is 3.60. The van der Waals surface area contributed by atoms with Gasteiger partial charge in [0, 0.05) is 48.4 Å². The van der Waals surface area contributed by atoms with Crippen LogP contribution in [0.4, 0.5) is 14.5 Å². The number of aromatic nitrogens is 4. The van der Waals surface area contributed by atoms with E-state index in [1.165, 1.54) is 6.20 Å². The molecule has 182 valence electrons. The zero-order chi connectivity index (χ0) is 25.3. The van der Waals surface area contributed by atoms with E-state index in [4.69, 9.17) is 16.3 Å². The molecule has 1 aliphatic heterocycles. The topological polar surface area (TPSA) is 98.2 Å². The number of sulfone groups is 1. The Morgan fingerprint density at radius 2 is 1.91 bits per heavy atom. The summed E-state index contributed by atoms with van der Waals surface area (Å²) >= 11 is 6.81. The highest BCUT2D eigenvalue weighted by atomic mass is 35.5. The van der Waals surface area contributed by atoms with Crippen molar-refractivity contribution in [3.05, 3.63) is 94.1 Å². The second-order valence-corrected chi connectivity index (χ2v) is 10.2. The molecule has 8 nitrogen and oxygen atoms in total. The Bertz CT molecular complexity index is 1460. The molecule has 0 aliphatic carbocycles. The van der Waals surface area contributed by atoms with Gasteiger partial charge in [-0.25, -0.2) is 27.2 Å². The lowest BCUT2D eigenvalue weighted by molar-refractivity contribution is 0.198. The van der Waals surface area contributed by atoms with Crippen molar-refractivity contribution in [3.8, 4) is 0 Å². The molecule has 0 amide bonds. The van der Waals surface area contributed by atoms with E-state index in [2.05, 4.69) is 19.9 Å². The molecule has 0 bridgehead atoms. The lowest BCUT2D eigenvalue weighted by Gasteiger charge is -2.38. The molecule has 3 aromatic rings. The van der Waals surface area contributed by atoms with Gasteiger partial charge in [-0.2, -0.15) is 0 Å². The summed E-state index contributed by atoms with van der Waals surface area (Å²) in [6.45, 7) is 3.39. The molecule has 1 atom stereocenters. The summed E-state index contributed by atoms with van der Waals surface area (Å²) in [5.74, 6) is -1.44. The molecule has 0 N–H and O–H groups in total. The predicted octanol–water partition coefficient (Wildman–Crippen LogP) is 4.39. The van der Waals surface area contributed by atoms with Gasteiger partial charge in [0.1, 0.15) is 29.9 Å². The number of halogens is 3. The van der Waals surface area contributed by atoms with Crippen LogP contribution in [0, 0.1) is 18.6 Å². The second kappa shape index (κ2) is 9.67. The van der Waals surface area contributed by atoms with Gasteiger partial charge >= 0.3 is 0 Å². The number of anilines is 1. The van der Waals surface area contributed by atoms with Gasteiger partial charge in [0.05, 0.1) is 16.9 Å². The van der Waals surface area contributed by atoms with E-state index in [1.54, 1.807) is 30.6 Å². The summed E-state index contributed by atoms with van der Waals surface area (Å²) in [4.78, 5) is 17.9. The third-order valence-electron chi connectivity index (χ3n) is 5.22. The first-order valence-electron chi connectivity index (χ1n) is 10.3. The molecule has 0 saturated carbocycles. The molecule has 1 aliphatic rings. The van der Waals surface area contributed by atoms with Crippen molar-refractivity contribution in [1.29, 1.82) is 0 Å². The van der Waals surface area contributed by atoms with Crippen LogP contribution in [0.5, 0.6) is 0 Å². The zero-order valence-electron chi connectivity index (χ0n) is 18.9. The second-order valence-electron chi connectivity index (χ2n) is 7.84.